The zero-order valence-corrected chi connectivity index (χ0v) is 12.3. The number of nitrogens with one attached hydrogen (secondary N) is 1. The van der Waals surface area contributed by atoms with Gasteiger partial charge in [-0.2, -0.15) is 0 Å². The van der Waals surface area contributed by atoms with Crippen LogP contribution in [0.15, 0.2) is 30.6 Å². The molecule has 0 saturated heterocycles. The van der Waals surface area contributed by atoms with Crippen LogP contribution >= 0.6 is 0 Å². The largest absolute Gasteiger partial charge is 0.339 e. The highest BCUT2D eigenvalue weighted by Crippen LogP contribution is 2.17. The number of carbonyl (C=O) groups excluding carboxylic acids is 1. The minimum Gasteiger partial charge on any atom is -0.339 e. The van der Waals surface area contributed by atoms with E-state index in [0.717, 1.165) is 12.1 Å². The molecule has 116 valence electrons. The number of nitrogens with zero attached hydrogens (tertiary/aromatic N) is 3. The first-order chi connectivity index (χ1) is 10.5. The maximum absolute atomic E-state index is 13.1. The molecule has 0 unspecified atom stereocenters. The lowest BCUT2D eigenvalue weighted by Gasteiger charge is -2.17. The Morgan fingerprint density at radius 1 is 1.14 bits per heavy atom. The van der Waals surface area contributed by atoms with Crippen LogP contribution in [-0.2, 0) is 0 Å². The Morgan fingerprint density at radius 2 is 1.86 bits per heavy atom. The second-order valence-electron chi connectivity index (χ2n) is 4.52. The second kappa shape index (κ2) is 6.93. The molecule has 0 fully saturated rings. The molecule has 0 bridgehead atoms. The molecule has 0 aliphatic heterocycles. The zero-order chi connectivity index (χ0) is 16.1. The van der Waals surface area contributed by atoms with Crippen LogP contribution in [0.3, 0.4) is 0 Å². The van der Waals surface area contributed by atoms with Gasteiger partial charge in [0.2, 0.25) is 0 Å². The summed E-state index contributed by atoms with van der Waals surface area (Å²) in [4.78, 5) is 21.8. The molecular formula is C15H16F2N4O. The van der Waals surface area contributed by atoms with Gasteiger partial charge in [0.05, 0.1) is 12.4 Å². The molecule has 2 rings (SSSR count). The number of hydrogen-bond acceptors (Lipinski definition) is 4. The highest BCUT2D eigenvalue weighted by atomic mass is 19.2. The van der Waals surface area contributed by atoms with Crippen LogP contribution in [0.2, 0.25) is 0 Å². The van der Waals surface area contributed by atoms with Gasteiger partial charge in [0, 0.05) is 24.8 Å². The van der Waals surface area contributed by atoms with Gasteiger partial charge in [0.25, 0.3) is 5.91 Å². The average Bonchev–Trinajstić information content (AvgIpc) is 2.53. The predicted octanol–water partition coefficient (Wildman–Crippen LogP) is 2.98. The first-order valence-electron chi connectivity index (χ1n) is 6.88. The molecule has 0 spiro atoms. The maximum atomic E-state index is 13.1. The lowest BCUT2D eigenvalue weighted by Crippen LogP contribution is -2.31. The number of anilines is 2. The molecule has 0 aliphatic rings. The normalized spacial score (nSPS) is 10.4. The molecule has 0 atom stereocenters. The summed E-state index contributed by atoms with van der Waals surface area (Å²) in [6, 6.07) is 3.42. The molecule has 1 N–H and O–H groups in total. The number of carbonyl (C=O) groups is 1. The minimum atomic E-state index is -0.953. The van der Waals surface area contributed by atoms with Crippen LogP contribution in [0.4, 0.5) is 20.3 Å². The summed E-state index contributed by atoms with van der Waals surface area (Å²) in [5.74, 6) is -1.73. The Bertz CT molecular complexity index is 657. The van der Waals surface area contributed by atoms with Crippen molar-refractivity contribution >= 4 is 17.4 Å². The van der Waals surface area contributed by atoms with Gasteiger partial charge in [0.1, 0.15) is 11.5 Å². The van der Waals surface area contributed by atoms with Gasteiger partial charge in [-0.15, -0.1) is 0 Å². The highest BCUT2D eigenvalue weighted by Gasteiger charge is 2.14. The summed E-state index contributed by atoms with van der Waals surface area (Å²) < 4.78 is 26.0. The molecule has 1 aromatic heterocycles. The number of rotatable bonds is 5. The quantitative estimate of drug-likeness (QED) is 0.922. The molecule has 0 radical (unpaired) electrons. The number of halogens is 2. The number of benzene rings is 1. The van der Waals surface area contributed by atoms with E-state index in [1.807, 2.05) is 13.8 Å². The number of amides is 1. The van der Waals surface area contributed by atoms with E-state index in [1.165, 1.54) is 18.5 Å². The predicted molar refractivity (Wildman–Crippen MR) is 78.9 cm³/mol. The van der Waals surface area contributed by atoms with Crippen molar-refractivity contribution in [2.75, 3.05) is 18.4 Å². The summed E-state index contributed by atoms with van der Waals surface area (Å²) in [7, 11) is 0. The summed E-state index contributed by atoms with van der Waals surface area (Å²) in [5, 5.41) is 2.79. The minimum absolute atomic E-state index is 0.197. The van der Waals surface area contributed by atoms with Crippen molar-refractivity contribution in [3.05, 3.63) is 47.9 Å². The number of aromatic nitrogens is 2. The molecule has 5 nitrogen and oxygen atoms in total. The van der Waals surface area contributed by atoms with Gasteiger partial charge in [-0.25, -0.2) is 18.7 Å². The van der Waals surface area contributed by atoms with Crippen LogP contribution < -0.4 is 5.32 Å². The summed E-state index contributed by atoms with van der Waals surface area (Å²) >= 11 is 0. The average molecular weight is 306 g/mol. The van der Waals surface area contributed by atoms with Gasteiger partial charge in [0.15, 0.2) is 11.6 Å². The molecule has 7 heteroatoms. The molecule has 2 aromatic rings. The van der Waals surface area contributed by atoms with E-state index in [9.17, 15) is 13.6 Å². The van der Waals surface area contributed by atoms with Crippen molar-refractivity contribution in [1.29, 1.82) is 0 Å². The molecule has 22 heavy (non-hydrogen) atoms. The van der Waals surface area contributed by atoms with Crippen molar-refractivity contribution in [2.24, 2.45) is 0 Å². The summed E-state index contributed by atoms with van der Waals surface area (Å²) in [5.41, 5.74) is 0.579. The molecular weight excluding hydrogens is 290 g/mol. The Labute approximate surface area is 127 Å². The van der Waals surface area contributed by atoms with Gasteiger partial charge < -0.3 is 10.2 Å². The smallest absolute Gasteiger partial charge is 0.274 e. The van der Waals surface area contributed by atoms with Gasteiger partial charge in [-0.1, -0.05) is 0 Å². The van der Waals surface area contributed by atoms with E-state index in [0.29, 0.717) is 24.6 Å². The Kier molecular flexibility index (Phi) is 4.98. The van der Waals surface area contributed by atoms with E-state index in [4.69, 9.17) is 0 Å². The van der Waals surface area contributed by atoms with Crippen LogP contribution in [-0.4, -0.2) is 33.9 Å². The van der Waals surface area contributed by atoms with E-state index in [2.05, 4.69) is 15.3 Å². The van der Waals surface area contributed by atoms with Gasteiger partial charge >= 0.3 is 0 Å². The SMILES string of the molecule is CCN(CC)C(=O)c1cnc(Nc2ccc(F)c(F)c2)cn1. The monoisotopic (exact) mass is 306 g/mol. The second-order valence-corrected chi connectivity index (χ2v) is 4.52. The van der Waals surface area contributed by atoms with Gasteiger partial charge in [-0.05, 0) is 26.0 Å². The molecule has 1 amide bonds. The Balaban J connectivity index is 2.11. The third kappa shape index (κ3) is 3.55. The van der Waals surface area contributed by atoms with E-state index in [-0.39, 0.29) is 11.6 Å². The third-order valence-electron chi connectivity index (χ3n) is 3.11. The Hall–Kier alpha value is -2.57. The third-order valence-corrected chi connectivity index (χ3v) is 3.11. The lowest BCUT2D eigenvalue weighted by molar-refractivity contribution is 0.0766. The van der Waals surface area contributed by atoms with E-state index in [1.54, 1.807) is 4.90 Å². The fraction of sp³-hybridized carbons (Fsp3) is 0.267. The standard InChI is InChI=1S/C15H16F2N4O/c1-3-21(4-2)15(22)13-8-19-14(9-18-13)20-10-5-6-11(16)12(17)7-10/h5-9H,3-4H2,1-2H3,(H,19,20). The first kappa shape index (κ1) is 15.8. The highest BCUT2D eigenvalue weighted by molar-refractivity contribution is 5.92. The molecule has 0 saturated carbocycles. The van der Waals surface area contributed by atoms with Crippen molar-refractivity contribution in [1.82, 2.24) is 14.9 Å². The van der Waals surface area contributed by atoms with Crippen LogP contribution in [0.5, 0.6) is 0 Å². The maximum Gasteiger partial charge on any atom is 0.274 e. The molecule has 1 aromatic carbocycles. The zero-order valence-electron chi connectivity index (χ0n) is 12.3. The fourth-order valence-electron chi connectivity index (χ4n) is 1.90. The topological polar surface area (TPSA) is 58.1 Å². The van der Waals surface area contributed by atoms with Gasteiger partial charge in [-0.3, -0.25) is 4.79 Å². The van der Waals surface area contributed by atoms with Crippen LogP contribution in [0.1, 0.15) is 24.3 Å². The first-order valence-corrected chi connectivity index (χ1v) is 6.88. The van der Waals surface area contributed by atoms with Crippen LogP contribution in [0.25, 0.3) is 0 Å². The molecule has 1 heterocycles. The fourth-order valence-corrected chi connectivity index (χ4v) is 1.90. The van der Waals surface area contributed by atoms with Crippen molar-refractivity contribution in [3.63, 3.8) is 0 Å². The number of hydrogen-bond donors (Lipinski definition) is 1. The lowest BCUT2D eigenvalue weighted by atomic mass is 10.3. The molecule has 0 aliphatic carbocycles. The van der Waals surface area contributed by atoms with E-state index < -0.39 is 11.6 Å². The van der Waals surface area contributed by atoms with Crippen LogP contribution in [0, 0.1) is 11.6 Å². The summed E-state index contributed by atoms with van der Waals surface area (Å²) in [6.45, 7) is 4.94. The Morgan fingerprint density at radius 3 is 2.41 bits per heavy atom. The van der Waals surface area contributed by atoms with Crippen molar-refractivity contribution < 1.29 is 13.6 Å². The van der Waals surface area contributed by atoms with Crippen molar-refractivity contribution in [2.45, 2.75) is 13.8 Å². The summed E-state index contributed by atoms with van der Waals surface area (Å²) in [6.07, 6.45) is 2.72. The van der Waals surface area contributed by atoms with Crippen molar-refractivity contribution in [3.8, 4) is 0 Å². The van der Waals surface area contributed by atoms with E-state index >= 15 is 0 Å².